The SMILES string of the molecule is COc1ccc(CN2CCC3(CCN(C[C@H]4CN(C(=O)N5CCOCC5)C[C@@H]4c4ccccc4)CC3)C2=O)cc1. The molecule has 40 heavy (non-hydrogen) atoms. The number of methoxy groups -OCH3 is 1. The summed E-state index contributed by atoms with van der Waals surface area (Å²) in [7, 11) is 1.67. The molecule has 0 saturated carbocycles. The van der Waals surface area contributed by atoms with Crippen molar-refractivity contribution in [2.24, 2.45) is 11.3 Å². The highest BCUT2D eigenvalue weighted by molar-refractivity contribution is 5.85. The summed E-state index contributed by atoms with van der Waals surface area (Å²) in [5.41, 5.74) is 2.25. The zero-order valence-electron chi connectivity index (χ0n) is 23.7. The molecular formula is C32H42N4O4. The molecule has 2 aromatic rings. The first-order chi connectivity index (χ1) is 19.5. The van der Waals surface area contributed by atoms with E-state index < -0.39 is 0 Å². The third-order valence-corrected chi connectivity index (χ3v) is 9.66. The van der Waals surface area contributed by atoms with Crippen molar-refractivity contribution in [3.05, 3.63) is 65.7 Å². The second-order valence-corrected chi connectivity index (χ2v) is 12.0. The summed E-state index contributed by atoms with van der Waals surface area (Å²) in [6, 6.07) is 18.9. The maximum absolute atomic E-state index is 13.6. The van der Waals surface area contributed by atoms with Crippen LogP contribution in [0.3, 0.4) is 0 Å². The number of hydrogen-bond acceptors (Lipinski definition) is 5. The molecule has 0 unspecified atom stereocenters. The van der Waals surface area contributed by atoms with Crippen LogP contribution in [0.4, 0.5) is 4.79 Å². The minimum absolute atomic E-state index is 0.151. The highest BCUT2D eigenvalue weighted by Crippen LogP contribution is 2.43. The number of nitrogens with zero attached hydrogens (tertiary/aromatic N) is 4. The van der Waals surface area contributed by atoms with Crippen LogP contribution in [0.5, 0.6) is 5.75 Å². The van der Waals surface area contributed by atoms with Crippen LogP contribution in [0, 0.1) is 11.3 Å². The van der Waals surface area contributed by atoms with E-state index in [1.165, 1.54) is 5.56 Å². The molecule has 0 N–H and O–H groups in total. The third kappa shape index (κ3) is 5.56. The number of likely N-dealkylation sites (tertiary alicyclic amines) is 3. The summed E-state index contributed by atoms with van der Waals surface area (Å²) >= 11 is 0. The van der Waals surface area contributed by atoms with Crippen molar-refractivity contribution in [2.45, 2.75) is 31.7 Å². The lowest BCUT2D eigenvalue weighted by atomic mass is 9.76. The predicted octanol–water partition coefficient (Wildman–Crippen LogP) is 3.68. The number of carbonyl (C=O) groups is 2. The molecule has 2 aromatic carbocycles. The minimum atomic E-state index is -0.212. The highest BCUT2D eigenvalue weighted by atomic mass is 16.5. The Balaban J connectivity index is 1.07. The molecule has 214 valence electrons. The number of ether oxygens (including phenoxy) is 2. The molecule has 0 aromatic heterocycles. The third-order valence-electron chi connectivity index (χ3n) is 9.66. The van der Waals surface area contributed by atoms with Crippen LogP contribution in [0.1, 0.15) is 36.3 Å². The molecule has 4 aliphatic heterocycles. The van der Waals surface area contributed by atoms with E-state index in [-0.39, 0.29) is 11.4 Å². The largest absolute Gasteiger partial charge is 0.497 e. The normalized spacial score (nSPS) is 25.1. The maximum Gasteiger partial charge on any atom is 0.320 e. The number of hydrogen-bond donors (Lipinski definition) is 0. The second-order valence-electron chi connectivity index (χ2n) is 12.0. The molecule has 0 radical (unpaired) electrons. The average Bonchev–Trinajstić information content (AvgIpc) is 3.56. The van der Waals surface area contributed by atoms with Crippen LogP contribution < -0.4 is 4.74 Å². The quantitative estimate of drug-likeness (QED) is 0.553. The van der Waals surface area contributed by atoms with Crippen molar-refractivity contribution in [1.29, 1.82) is 0 Å². The van der Waals surface area contributed by atoms with Crippen LogP contribution in [0.2, 0.25) is 0 Å². The first kappa shape index (κ1) is 27.1. The molecule has 4 fully saturated rings. The van der Waals surface area contributed by atoms with Gasteiger partial charge in [-0.1, -0.05) is 42.5 Å². The number of carbonyl (C=O) groups excluding carboxylic acids is 2. The summed E-state index contributed by atoms with van der Waals surface area (Å²) in [5, 5.41) is 0. The van der Waals surface area contributed by atoms with Crippen LogP contribution in [0.25, 0.3) is 0 Å². The minimum Gasteiger partial charge on any atom is -0.497 e. The van der Waals surface area contributed by atoms with Crippen molar-refractivity contribution >= 4 is 11.9 Å². The Morgan fingerprint density at radius 1 is 0.900 bits per heavy atom. The molecule has 1 spiro atoms. The fraction of sp³-hybridized carbons (Fsp3) is 0.562. The summed E-state index contributed by atoms with van der Waals surface area (Å²) in [5.74, 6) is 1.88. The fourth-order valence-electron chi connectivity index (χ4n) is 7.20. The molecule has 4 saturated heterocycles. The average molecular weight is 547 g/mol. The van der Waals surface area contributed by atoms with E-state index in [0.29, 0.717) is 50.6 Å². The van der Waals surface area contributed by atoms with Gasteiger partial charge in [0.1, 0.15) is 5.75 Å². The summed E-state index contributed by atoms with van der Waals surface area (Å²) in [6.45, 7) is 8.49. The van der Waals surface area contributed by atoms with Gasteiger partial charge in [-0.05, 0) is 61.5 Å². The van der Waals surface area contributed by atoms with E-state index in [9.17, 15) is 9.59 Å². The van der Waals surface area contributed by atoms with E-state index in [0.717, 1.165) is 69.8 Å². The van der Waals surface area contributed by atoms with Crippen molar-refractivity contribution < 1.29 is 19.1 Å². The van der Waals surface area contributed by atoms with Gasteiger partial charge in [-0.2, -0.15) is 0 Å². The topological polar surface area (TPSA) is 65.6 Å². The monoisotopic (exact) mass is 546 g/mol. The Morgan fingerprint density at radius 2 is 1.60 bits per heavy atom. The van der Waals surface area contributed by atoms with Crippen molar-refractivity contribution in [1.82, 2.24) is 19.6 Å². The van der Waals surface area contributed by atoms with Gasteiger partial charge in [0.05, 0.1) is 25.7 Å². The van der Waals surface area contributed by atoms with Gasteiger partial charge in [0.2, 0.25) is 5.91 Å². The van der Waals surface area contributed by atoms with Gasteiger partial charge in [0.25, 0.3) is 0 Å². The molecule has 4 aliphatic rings. The van der Waals surface area contributed by atoms with Gasteiger partial charge >= 0.3 is 6.03 Å². The number of piperidine rings is 1. The Hall–Kier alpha value is -3.10. The van der Waals surface area contributed by atoms with Gasteiger partial charge in [0.15, 0.2) is 0 Å². The van der Waals surface area contributed by atoms with E-state index in [2.05, 4.69) is 57.2 Å². The van der Waals surface area contributed by atoms with E-state index in [1.807, 2.05) is 17.0 Å². The molecule has 0 bridgehead atoms. The number of rotatable bonds is 6. The van der Waals surface area contributed by atoms with E-state index in [1.54, 1.807) is 7.11 Å². The van der Waals surface area contributed by atoms with Gasteiger partial charge in [-0.15, -0.1) is 0 Å². The highest BCUT2D eigenvalue weighted by Gasteiger charge is 2.48. The zero-order valence-corrected chi connectivity index (χ0v) is 23.7. The van der Waals surface area contributed by atoms with Gasteiger partial charge in [0, 0.05) is 51.7 Å². The molecule has 6 rings (SSSR count). The first-order valence-electron chi connectivity index (χ1n) is 14.9. The van der Waals surface area contributed by atoms with Gasteiger partial charge in [-0.25, -0.2) is 4.79 Å². The van der Waals surface area contributed by atoms with Gasteiger partial charge in [-0.3, -0.25) is 4.79 Å². The summed E-state index contributed by atoms with van der Waals surface area (Å²) in [4.78, 5) is 35.6. The molecule has 8 heteroatoms. The molecule has 3 amide bonds. The fourth-order valence-corrected chi connectivity index (χ4v) is 7.20. The standard InChI is InChI=1S/C32H42N4O4/c1-39-28-9-7-25(8-10-28)21-35-16-13-32(30(35)37)11-14-33(15-12-32)22-27-23-36(31(38)34-17-19-40-20-18-34)24-29(27)26-5-3-2-4-6-26/h2-10,27,29H,11-24H2,1H3/t27-,29+/m0/s1. The smallest absolute Gasteiger partial charge is 0.320 e. The lowest BCUT2D eigenvalue weighted by Crippen LogP contribution is -2.48. The second kappa shape index (κ2) is 11.8. The Kier molecular flexibility index (Phi) is 7.98. The molecule has 2 atom stereocenters. The van der Waals surface area contributed by atoms with Crippen molar-refractivity contribution in [2.75, 3.05) is 72.7 Å². The molecule has 0 aliphatic carbocycles. The maximum atomic E-state index is 13.6. The lowest BCUT2D eigenvalue weighted by molar-refractivity contribution is -0.139. The zero-order chi connectivity index (χ0) is 27.5. The number of morpholine rings is 1. The summed E-state index contributed by atoms with van der Waals surface area (Å²) in [6.07, 6.45) is 2.79. The van der Waals surface area contributed by atoms with Crippen LogP contribution in [0.15, 0.2) is 54.6 Å². The van der Waals surface area contributed by atoms with Crippen LogP contribution in [-0.4, -0.2) is 104 Å². The van der Waals surface area contributed by atoms with Crippen molar-refractivity contribution in [3.8, 4) is 5.75 Å². The molecule has 8 nitrogen and oxygen atoms in total. The number of amides is 3. The summed E-state index contributed by atoms with van der Waals surface area (Å²) < 4.78 is 10.7. The van der Waals surface area contributed by atoms with Crippen molar-refractivity contribution in [3.63, 3.8) is 0 Å². The van der Waals surface area contributed by atoms with Crippen LogP contribution in [-0.2, 0) is 16.1 Å². The van der Waals surface area contributed by atoms with E-state index in [4.69, 9.17) is 9.47 Å². The first-order valence-corrected chi connectivity index (χ1v) is 14.9. The Bertz CT molecular complexity index is 1160. The molecular weight excluding hydrogens is 504 g/mol. The number of benzene rings is 2. The number of urea groups is 1. The van der Waals surface area contributed by atoms with E-state index >= 15 is 0 Å². The predicted molar refractivity (Wildman–Crippen MR) is 153 cm³/mol. The lowest BCUT2D eigenvalue weighted by Gasteiger charge is -2.39. The Labute approximate surface area is 237 Å². The van der Waals surface area contributed by atoms with Gasteiger partial charge < -0.3 is 29.1 Å². The Morgan fingerprint density at radius 3 is 2.30 bits per heavy atom. The van der Waals surface area contributed by atoms with Crippen LogP contribution >= 0.6 is 0 Å². The molecule has 4 heterocycles.